The van der Waals surface area contributed by atoms with Gasteiger partial charge in [-0.25, -0.2) is 5.53 Å². The Balaban J connectivity index is 2.92. The average molecular weight is 150 g/mol. The summed E-state index contributed by atoms with van der Waals surface area (Å²) in [6, 6.07) is 7.56. The van der Waals surface area contributed by atoms with Gasteiger partial charge in [0.1, 0.15) is 5.75 Å². The molecule has 11 heavy (non-hydrogen) atoms. The summed E-state index contributed by atoms with van der Waals surface area (Å²) in [7, 11) is 1.61. The highest BCUT2D eigenvalue weighted by molar-refractivity contribution is 5.32. The SMILES string of the molecule is COc1ccccc1CN=N. The van der Waals surface area contributed by atoms with Crippen LogP contribution in [0, 0.1) is 5.53 Å². The fourth-order valence-electron chi connectivity index (χ4n) is 0.919. The molecular formula is C8H10N2O. The third kappa shape index (κ3) is 1.77. The van der Waals surface area contributed by atoms with E-state index in [1.165, 1.54) is 0 Å². The molecule has 1 aromatic carbocycles. The molecule has 0 saturated carbocycles. The first-order chi connectivity index (χ1) is 5.38. The fourth-order valence-corrected chi connectivity index (χ4v) is 0.919. The van der Waals surface area contributed by atoms with Crippen molar-refractivity contribution < 1.29 is 4.74 Å². The molecule has 0 spiro atoms. The molecule has 1 rings (SSSR count). The van der Waals surface area contributed by atoms with Crippen LogP contribution in [0.1, 0.15) is 5.56 Å². The molecule has 3 heteroatoms. The van der Waals surface area contributed by atoms with Crippen LogP contribution in [-0.4, -0.2) is 7.11 Å². The zero-order valence-corrected chi connectivity index (χ0v) is 6.37. The number of hydrogen-bond donors (Lipinski definition) is 1. The summed E-state index contributed by atoms with van der Waals surface area (Å²) >= 11 is 0. The van der Waals surface area contributed by atoms with Crippen LogP contribution in [-0.2, 0) is 6.54 Å². The van der Waals surface area contributed by atoms with Gasteiger partial charge in [0.25, 0.3) is 0 Å². The lowest BCUT2D eigenvalue weighted by molar-refractivity contribution is 0.409. The minimum absolute atomic E-state index is 0.393. The quantitative estimate of drug-likeness (QED) is 0.660. The van der Waals surface area contributed by atoms with Crippen molar-refractivity contribution in [1.82, 2.24) is 0 Å². The van der Waals surface area contributed by atoms with E-state index in [0.717, 1.165) is 11.3 Å². The van der Waals surface area contributed by atoms with Crippen LogP contribution in [0.5, 0.6) is 5.75 Å². The molecule has 1 aromatic rings. The Morgan fingerprint density at radius 1 is 1.45 bits per heavy atom. The predicted octanol–water partition coefficient (Wildman–Crippen LogP) is 2.23. The third-order valence-electron chi connectivity index (χ3n) is 1.44. The molecule has 0 fully saturated rings. The van der Waals surface area contributed by atoms with E-state index in [-0.39, 0.29) is 0 Å². The van der Waals surface area contributed by atoms with E-state index < -0.39 is 0 Å². The number of nitrogens with zero attached hydrogens (tertiary/aromatic N) is 1. The molecular weight excluding hydrogens is 140 g/mol. The van der Waals surface area contributed by atoms with Crippen molar-refractivity contribution in [3.63, 3.8) is 0 Å². The molecule has 0 aliphatic heterocycles. The molecule has 0 unspecified atom stereocenters. The standard InChI is InChI=1S/C8H10N2O/c1-11-8-5-3-2-4-7(8)6-10-9/h2-5,9H,6H2,1H3. The predicted molar refractivity (Wildman–Crippen MR) is 41.8 cm³/mol. The van der Waals surface area contributed by atoms with Gasteiger partial charge in [0, 0.05) is 5.56 Å². The van der Waals surface area contributed by atoms with E-state index in [4.69, 9.17) is 10.3 Å². The number of hydrogen-bond acceptors (Lipinski definition) is 3. The second-order valence-electron chi connectivity index (χ2n) is 2.13. The van der Waals surface area contributed by atoms with Crippen molar-refractivity contribution in [3.05, 3.63) is 29.8 Å². The van der Waals surface area contributed by atoms with E-state index in [0.29, 0.717) is 6.54 Å². The van der Waals surface area contributed by atoms with E-state index in [1.807, 2.05) is 24.3 Å². The molecule has 0 radical (unpaired) electrons. The summed E-state index contributed by atoms with van der Waals surface area (Å²) in [6.45, 7) is 0.393. The zero-order chi connectivity index (χ0) is 8.10. The topological polar surface area (TPSA) is 45.4 Å². The van der Waals surface area contributed by atoms with Crippen molar-refractivity contribution in [2.24, 2.45) is 5.11 Å². The first kappa shape index (κ1) is 7.72. The average Bonchev–Trinajstić information content (AvgIpc) is 2.06. The van der Waals surface area contributed by atoms with Gasteiger partial charge in [-0.15, -0.1) is 0 Å². The second-order valence-corrected chi connectivity index (χ2v) is 2.13. The first-order valence-corrected chi connectivity index (χ1v) is 3.33. The van der Waals surface area contributed by atoms with Crippen molar-refractivity contribution >= 4 is 0 Å². The van der Waals surface area contributed by atoms with Crippen molar-refractivity contribution in [2.75, 3.05) is 7.11 Å². The van der Waals surface area contributed by atoms with Gasteiger partial charge in [-0.05, 0) is 6.07 Å². The van der Waals surface area contributed by atoms with Gasteiger partial charge in [0.2, 0.25) is 0 Å². The van der Waals surface area contributed by atoms with Crippen LogP contribution < -0.4 is 4.74 Å². The van der Waals surface area contributed by atoms with Gasteiger partial charge in [0.05, 0.1) is 13.7 Å². The third-order valence-corrected chi connectivity index (χ3v) is 1.44. The maximum absolute atomic E-state index is 6.68. The molecule has 0 amide bonds. The van der Waals surface area contributed by atoms with E-state index in [1.54, 1.807) is 7.11 Å². The van der Waals surface area contributed by atoms with E-state index >= 15 is 0 Å². The van der Waals surface area contributed by atoms with Gasteiger partial charge < -0.3 is 4.74 Å². The Labute approximate surface area is 65.5 Å². The van der Waals surface area contributed by atoms with Crippen LogP contribution in [0.2, 0.25) is 0 Å². The molecule has 1 N–H and O–H groups in total. The van der Waals surface area contributed by atoms with Crippen LogP contribution >= 0.6 is 0 Å². The number of methoxy groups -OCH3 is 1. The smallest absolute Gasteiger partial charge is 0.123 e. The lowest BCUT2D eigenvalue weighted by atomic mass is 10.2. The number of nitrogens with one attached hydrogen (secondary N) is 1. The van der Waals surface area contributed by atoms with Gasteiger partial charge in [-0.1, -0.05) is 18.2 Å². The largest absolute Gasteiger partial charge is 0.496 e. The number of rotatable bonds is 3. The maximum Gasteiger partial charge on any atom is 0.123 e. The molecule has 0 atom stereocenters. The van der Waals surface area contributed by atoms with Crippen LogP contribution in [0.4, 0.5) is 0 Å². The lowest BCUT2D eigenvalue weighted by Crippen LogP contribution is -1.88. The second kappa shape index (κ2) is 3.71. The molecule has 0 aromatic heterocycles. The van der Waals surface area contributed by atoms with Crippen LogP contribution in [0.15, 0.2) is 29.4 Å². The minimum atomic E-state index is 0.393. The number of benzene rings is 1. The van der Waals surface area contributed by atoms with Crippen molar-refractivity contribution in [2.45, 2.75) is 6.54 Å². The normalized spacial score (nSPS) is 9.18. The van der Waals surface area contributed by atoms with Crippen molar-refractivity contribution in [3.8, 4) is 5.75 Å². The monoisotopic (exact) mass is 150 g/mol. The van der Waals surface area contributed by atoms with Gasteiger partial charge in [-0.3, -0.25) is 0 Å². The van der Waals surface area contributed by atoms with E-state index in [9.17, 15) is 0 Å². The first-order valence-electron chi connectivity index (χ1n) is 3.33. The molecule has 0 heterocycles. The summed E-state index contributed by atoms with van der Waals surface area (Å²) < 4.78 is 5.05. The Hall–Kier alpha value is -1.38. The summed E-state index contributed by atoms with van der Waals surface area (Å²) in [5, 5.41) is 3.28. The van der Waals surface area contributed by atoms with Crippen LogP contribution in [0.3, 0.4) is 0 Å². The Morgan fingerprint density at radius 3 is 2.82 bits per heavy atom. The van der Waals surface area contributed by atoms with Crippen LogP contribution in [0.25, 0.3) is 0 Å². The van der Waals surface area contributed by atoms with Crippen molar-refractivity contribution in [1.29, 1.82) is 5.53 Å². The Kier molecular flexibility index (Phi) is 2.60. The highest BCUT2D eigenvalue weighted by Gasteiger charge is 1.98. The molecule has 3 nitrogen and oxygen atoms in total. The van der Waals surface area contributed by atoms with Gasteiger partial charge in [0.15, 0.2) is 0 Å². The Morgan fingerprint density at radius 2 is 2.18 bits per heavy atom. The molecule has 0 aliphatic carbocycles. The van der Waals surface area contributed by atoms with E-state index in [2.05, 4.69) is 5.11 Å². The summed E-state index contributed by atoms with van der Waals surface area (Å²) in [4.78, 5) is 0. The number of ether oxygens (including phenoxy) is 1. The summed E-state index contributed by atoms with van der Waals surface area (Å²) in [5.74, 6) is 0.795. The molecule has 0 bridgehead atoms. The zero-order valence-electron chi connectivity index (χ0n) is 6.37. The minimum Gasteiger partial charge on any atom is -0.496 e. The fraction of sp³-hybridized carbons (Fsp3) is 0.250. The molecule has 0 saturated heterocycles. The lowest BCUT2D eigenvalue weighted by Gasteiger charge is -2.03. The maximum atomic E-state index is 6.68. The van der Waals surface area contributed by atoms with Gasteiger partial charge >= 0.3 is 0 Å². The summed E-state index contributed by atoms with van der Waals surface area (Å²) in [6.07, 6.45) is 0. The highest BCUT2D eigenvalue weighted by Crippen LogP contribution is 2.17. The summed E-state index contributed by atoms with van der Waals surface area (Å²) in [5.41, 5.74) is 7.63. The Bertz CT molecular complexity index is 248. The molecule has 58 valence electrons. The van der Waals surface area contributed by atoms with Gasteiger partial charge in [-0.2, -0.15) is 5.11 Å². The highest BCUT2D eigenvalue weighted by atomic mass is 16.5. The molecule has 0 aliphatic rings. The number of para-hydroxylation sites is 1.